The number of methoxy groups -OCH3 is 1. The van der Waals surface area contributed by atoms with Gasteiger partial charge in [-0.15, -0.1) is 0 Å². The third-order valence-corrected chi connectivity index (χ3v) is 8.92. The van der Waals surface area contributed by atoms with Gasteiger partial charge >= 0.3 is 6.18 Å². The summed E-state index contributed by atoms with van der Waals surface area (Å²) in [4.78, 5) is 12.8. The molecule has 1 amide bonds. The lowest BCUT2D eigenvalue weighted by Crippen LogP contribution is -2.62. The molecule has 4 nitrogen and oxygen atoms in total. The molecule has 2 aliphatic carbocycles. The van der Waals surface area contributed by atoms with Crippen LogP contribution >= 0.6 is 0 Å². The fraction of sp³-hybridized carbons (Fsp3) is 0.516. The second kappa shape index (κ2) is 10.3. The molecule has 1 aliphatic heterocycles. The average molecular weight is 526 g/mol. The van der Waals surface area contributed by atoms with Gasteiger partial charge in [-0.2, -0.15) is 13.2 Å². The van der Waals surface area contributed by atoms with Crippen molar-refractivity contribution in [2.24, 2.45) is 11.8 Å². The van der Waals surface area contributed by atoms with Gasteiger partial charge in [0.05, 0.1) is 39.4 Å². The Morgan fingerprint density at radius 2 is 1.89 bits per heavy atom. The maximum Gasteiger partial charge on any atom is 0.416 e. The van der Waals surface area contributed by atoms with E-state index in [1.165, 1.54) is 37.1 Å². The van der Waals surface area contributed by atoms with Crippen LogP contribution in [0.15, 0.2) is 48.5 Å². The van der Waals surface area contributed by atoms with E-state index < -0.39 is 11.7 Å². The minimum Gasteiger partial charge on any atom is -0.497 e. The molecular weight excluding hydrogens is 489 g/mol. The lowest BCUT2D eigenvalue weighted by molar-refractivity contribution is -0.921. The smallest absolute Gasteiger partial charge is 0.416 e. The van der Waals surface area contributed by atoms with Crippen LogP contribution in [0.4, 0.5) is 13.2 Å². The molecule has 0 radical (unpaired) electrons. The lowest BCUT2D eigenvalue weighted by atomic mass is 9.57. The molecule has 0 spiro atoms. The van der Waals surface area contributed by atoms with Crippen LogP contribution in [0, 0.1) is 23.7 Å². The Bertz CT molecular complexity index is 1230. The first-order valence-corrected chi connectivity index (χ1v) is 13.6. The van der Waals surface area contributed by atoms with Crippen molar-refractivity contribution in [2.45, 2.75) is 56.2 Å². The summed E-state index contributed by atoms with van der Waals surface area (Å²) in [5.74, 6) is 7.16. The van der Waals surface area contributed by atoms with Crippen LogP contribution in [0.25, 0.3) is 0 Å². The average Bonchev–Trinajstić information content (AvgIpc) is 3.71. The van der Waals surface area contributed by atoms with E-state index in [1.807, 2.05) is 6.07 Å². The number of carbonyl (C=O) groups is 1. The highest BCUT2D eigenvalue weighted by Gasteiger charge is 2.53. The van der Waals surface area contributed by atoms with Crippen molar-refractivity contribution in [2.75, 3.05) is 33.8 Å². The van der Waals surface area contributed by atoms with Gasteiger partial charge in [-0.25, -0.2) is 0 Å². The number of alkyl halides is 3. The molecule has 202 valence electrons. The summed E-state index contributed by atoms with van der Waals surface area (Å²) in [6.45, 7) is 3.55. The molecule has 7 heteroatoms. The van der Waals surface area contributed by atoms with Crippen molar-refractivity contribution in [1.29, 1.82) is 0 Å². The number of rotatable bonds is 5. The van der Waals surface area contributed by atoms with E-state index in [2.05, 4.69) is 42.4 Å². The molecule has 1 unspecified atom stereocenters. The first-order chi connectivity index (χ1) is 18.1. The summed E-state index contributed by atoms with van der Waals surface area (Å²) in [7, 11) is 4.11. The Morgan fingerprint density at radius 3 is 2.58 bits per heavy atom. The fourth-order valence-electron chi connectivity index (χ4n) is 6.79. The van der Waals surface area contributed by atoms with E-state index in [0.29, 0.717) is 11.5 Å². The van der Waals surface area contributed by atoms with E-state index in [9.17, 15) is 18.0 Å². The maximum absolute atomic E-state index is 12.8. The highest BCUT2D eigenvalue weighted by atomic mass is 19.4. The summed E-state index contributed by atoms with van der Waals surface area (Å²) in [5.41, 5.74) is 0.901. The Morgan fingerprint density at radius 1 is 1.13 bits per heavy atom. The van der Waals surface area contributed by atoms with Crippen LogP contribution in [0.2, 0.25) is 0 Å². The molecule has 4 atom stereocenters. The van der Waals surface area contributed by atoms with Crippen LogP contribution < -0.4 is 10.1 Å². The molecule has 2 aromatic carbocycles. The molecule has 2 aromatic rings. The standard InChI is InChI=1S/C31H35F3N2O2/c1-36(20-23-6-7-23)17-16-30(25-4-3-5-28(18-25)38-2)19-27(14-13-26(30)21-36)35-29(37)15-10-22-8-11-24(12-9-22)31(32,33)34/h3-5,8-9,11-12,18,23,26-27H,6-7,13-14,16-17,19-21H2,1-2H3/p+1/t26?,27-,30+,36-/m1/s1. The number of ether oxygens (including phenoxy) is 1. The Labute approximate surface area is 223 Å². The Balaban J connectivity index is 1.32. The SMILES string of the molecule is COc1cccc([C@@]23CC[N@+](C)(CC4CC4)CC2CC[C@@H](NC(=O)C#Cc2ccc(C(F)(F)F)cc2)C3)c1. The lowest BCUT2D eigenvalue weighted by Gasteiger charge is -2.55. The normalized spacial score (nSPS) is 29.0. The second-order valence-corrected chi connectivity index (χ2v) is 11.8. The molecule has 3 aliphatic rings. The van der Waals surface area contributed by atoms with Gasteiger partial charge in [0.2, 0.25) is 0 Å². The summed E-state index contributed by atoms with van der Waals surface area (Å²) in [6.07, 6.45) is 2.18. The monoisotopic (exact) mass is 525 g/mol. The quantitative estimate of drug-likeness (QED) is 0.411. The van der Waals surface area contributed by atoms with Crippen molar-refractivity contribution in [1.82, 2.24) is 5.32 Å². The van der Waals surface area contributed by atoms with Gasteiger partial charge in [-0.05, 0) is 74.1 Å². The number of hydrogen-bond acceptors (Lipinski definition) is 2. The summed E-state index contributed by atoms with van der Waals surface area (Å²) in [6, 6.07) is 13.0. The number of halogens is 3. The topological polar surface area (TPSA) is 38.3 Å². The van der Waals surface area contributed by atoms with Crippen molar-refractivity contribution in [3.05, 3.63) is 65.2 Å². The highest BCUT2D eigenvalue weighted by molar-refractivity contribution is 5.94. The maximum atomic E-state index is 12.8. The zero-order valence-corrected chi connectivity index (χ0v) is 22.1. The largest absolute Gasteiger partial charge is 0.497 e. The van der Waals surface area contributed by atoms with Crippen molar-refractivity contribution >= 4 is 5.91 Å². The number of fused-ring (bicyclic) bond motifs is 1. The van der Waals surface area contributed by atoms with Gasteiger partial charge in [-0.3, -0.25) is 4.79 Å². The van der Waals surface area contributed by atoms with E-state index in [0.717, 1.165) is 67.1 Å². The summed E-state index contributed by atoms with van der Waals surface area (Å²) >= 11 is 0. The summed E-state index contributed by atoms with van der Waals surface area (Å²) < 4.78 is 45.1. The van der Waals surface area contributed by atoms with Gasteiger partial charge in [-0.1, -0.05) is 18.1 Å². The minimum absolute atomic E-state index is 0.00727. The number of hydrogen-bond donors (Lipinski definition) is 1. The molecule has 0 aromatic heterocycles. The number of nitrogens with zero attached hydrogens (tertiary/aromatic N) is 1. The molecule has 3 fully saturated rings. The third kappa shape index (κ3) is 5.86. The van der Waals surface area contributed by atoms with Crippen LogP contribution in [0.3, 0.4) is 0 Å². The van der Waals surface area contributed by atoms with Gasteiger partial charge in [0.15, 0.2) is 0 Å². The predicted molar refractivity (Wildman–Crippen MR) is 140 cm³/mol. The van der Waals surface area contributed by atoms with Crippen LogP contribution in [-0.2, 0) is 16.4 Å². The molecule has 0 bridgehead atoms. The van der Waals surface area contributed by atoms with Gasteiger partial charge in [0.25, 0.3) is 5.91 Å². The molecule has 2 saturated carbocycles. The fourth-order valence-corrected chi connectivity index (χ4v) is 6.79. The molecular formula is C31H36F3N2O2+. The number of nitrogens with one attached hydrogen (secondary N) is 1. The van der Waals surface area contributed by atoms with Crippen LogP contribution in [0.1, 0.15) is 55.2 Å². The molecule has 38 heavy (non-hydrogen) atoms. The molecule has 1 saturated heterocycles. The van der Waals surface area contributed by atoms with E-state index in [-0.39, 0.29) is 17.4 Å². The van der Waals surface area contributed by atoms with E-state index >= 15 is 0 Å². The first-order valence-electron chi connectivity index (χ1n) is 13.6. The highest BCUT2D eigenvalue weighted by Crippen LogP contribution is 2.51. The van der Waals surface area contributed by atoms with E-state index in [4.69, 9.17) is 4.74 Å². The number of benzene rings is 2. The molecule has 1 N–H and O–H groups in total. The zero-order chi connectivity index (χ0) is 27.0. The second-order valence-electron chi connectivity index (χ2n) is 11.8. The Hall–Kier alpha value is -2.98. The zero-order valence-electron chi connectivity index (χ0n) is 22.1. The molecule has 1 heterocycles. The van der Waals surface area contributed by atoms with Crippen LogP contribution in [-0.4, -0.2) is 50.2 Å². The van der Waals surface area contributed by atoms with Crippen molar-refractivity contribution < 1.29 is 27.2 Å². The third-order valence-electron chi connectivity index (χ3n) is 8.92. The Kier molecular flexibility index (Phi) is 7.21. The van der Waals surface area contributed by atoms with Gasteiger partial charge in [0, 0.05) is 41.2 Å². The summed E-state index contributed by atoms with van der Waals surface area (Å²) in [5, 5.41) is 3.11. The number of amides is 1. The van der Waals surface area contributed by atoms with Crippen molar-refractivity contribution in [3.8, 4) is 17.6 Å². The predicted octanol–water partition coefficient (Wildman–Crippen LogP) is 5.55. The van der Waals surface area contributed by atoms with Gasteiger partial charge < -0.3 is 14.5 Å². The number of quaternary nitrogens is 1. The molecule has 5 rings (SSSR count). The number of carbonyl (C=O) groups excluding carboxylic acids is 1. The van der Waals surface area contributed by atoms with Crippen LogP contribution in [0.5, 0.6) is 5.75 Å². The number of piperidine rings is 1. The van der Waals surface area contributed by atoms with E-state index in [1.54, 1.807) is 7.11 Å². The first kappa shape index (κ1) is 26.6. The number of likely N-dealkylation sites (tertiary alicyclic amines) is 1. The van der Waals surface area contributed by atoms with Gasteiger partial charge in [0.1, 0.15) is 5.75 Å². The minimum atomic E-state index is -4.39. The van der Waals surface area contributed by atoms with Crippen molar-refractivity contribution in [3.63, 3.8) is 0 Å².